The van der Waals surface area contributed by atoms with Gasteiger partial charge in [0.05, 0.1) is 11.1 Å². The van der Waals surface area contributed by atoms with E-state index in [1.807, 2.05) is 13.8 Å². The summed E-state index contributed by atoms with van der Waals surface area (Å²) in [4.78, 5) is 62.8. The maximum Gasteiger partial charge on any atom is 0.330 e. The fraction of sp³-hybridized carbons (Fsp3) is 0.476. The molecule has 3 atom stereocenters. The van der Waals surface area contributed by atoms with Gasteiger partial charge in [-0.15, -0.1) is 0 Å². The Hall–Kier alpha value is -3.23. The minimum atomic E-state index is -1.18. The Labute approximate surface area is 175 Å². The van der Waals surface area contributed by atoms with Crippen molar-refractivity contribution in [3.8, 4) is 0 Å². The van der Waals surface area contributed by atoms with Gasteiger partial charge in [-0.3, -0.25) is 24.6 Å². The molecule has 1 aromatic carbocycles. The van der Waals surface area contributed by atoms with Gasteiger partial charge in [0.25, 0.3) is 17.7 Å². The molecule has 1 aromatic rings. The zero-order chi connectivity index (χ0) is 22.4. The summed E-state index contributed by atoms with van der Waals surface area (Å²) in [7, 11) is 0. The van der Waals surface area contributed by atoms with E-state index in [0.717, 1.165) is 4.90 Å². The second kappa shape index (κ2) is 10.00. The summed E-state index contributed by atoms with van der Waals surface area (Å²) < 4.78 is 5.05. The van der Waals surface area contributed by atoms with Gasteiger partial charge in [-0.25, -0.2) is 9.59 Å². The molecular weight excluding hydrogens is 390 g/mol. The van der Waals surface area contributed by atoms with Crippen LogP contribution in [0.4, 0.5) is 4.79 Å². The summed E-state index contributed by atoms with van der Waals surface area (Å²) in [5.41, 5.74) is 0.450. The molecule has 5 amide bonds. The van der Waals surface area contributed by atoms with Crippen LogP contribution in [0.15, 0.2) is 24.3 Å². The number of carbonyl (C=O) groups is 5. The van der Waals surface area contributed by atoms with Crippen LogP contribution in [-0.4, -0.2) is 53.3 Å². The lowest BCUT2D eigenvalue weighted by molar-refractivity contribution is -0.153. The number of nitrogens with one attached hydrogen (secondary N) is 2. The van der Waals surface area contributed by atoms with E-state index in [0.29, 0.717) is 12.8 Å². The number of rotatable bonds is 8. The summed E-state index contributed by atoms with van der Waals surface area (Å²) in [6.45, 7) is 6.48. The van der Waals surface area contributed by atoms with Crippen LogP contribution >= 0.6 is 0 Å². The number of ether oxygens (including phenoxy) is 1. The first-order valence-corrected chi connectivity index (χ1v) is 9.95. The van der Waals surface area contributed by atoms with Crippen LogP contribution in [0, 0.1) is 5.92 Å². The zero-order valence-corrected chi connectivity index (χ0v) is 17.6. The summed E-state index contributed by atoms with van der Waals surface area (Å²) in [6.07, 6.45) is 1.18. The first-order chi connectivity index (χ1) is 14.2. The number of nitrogens with zero attached hydrogens (tertiary/aromatic N) is 1. The molecule has 1 aliphatic heterocycles. The third kappa shape index (κ3) is 5.03. The highest BCUT2D eigenvalue weighted by Gasteiger charge is 2.45. The molecule has 0 saturated carbocycles. The number of amides is 5. The maximum absolute atomic E-state index is 12.8. The molecule has 0 radical (unpaired) electrons. The molecule has 9 heteroatoms. The second-order valence-corrected chi connectivity index (χ2v) is 7.29. The van der Waals surface area contributed by atoms with Crippen LogP contribution in [0.25, 0.3) is 0 Å². The molecule has 2 rings (SSSR count). The Kier molecular flexibility index (Phi) is 7.68. The van der Waals surface area contributed by atoms with Gasteiger partial charge in [0.1, 0.15) is 6.04 Å². The molecule has 9 nitrogen and oxygen atoms in total. The third-order valence-electron chi connectivity index (χ3n) is 5.12. The van der Waals surface area contributed by atoms with Crippen LogP contribution in [0.3, 0.4) is 0 Å². The number of esters is 1. The highest BCUT2D eigenvalue weighted by Crippen LogP contribution is 2.28. The lowest BCUT2D eigenvalue weighted by Gasteiger charge is -2.28. The molecule has 1 aliphatic rings. The first-order valence-electron chi connectivity index (χ1n) is 9.95. The van der Waals surface area contributed by atoms with Gasteiger partial charge in [-0.05, 0) is 31.4 Å². The van der Waals surface area contributed by atoms with Gasteiger partial charge in [0.15, 0.2) is 6.61 Å². The van der Waals surface area contributed by atoms with Gasteiger partial charge in [-0.1, -0.05) is 39.3 Å². The molecule has 1 heterocycles. The van der Waals surface area contributed by atoms with E-state index in [1.54, 1.807) is 26.0 Å². The van der Waals surface area contributed by atoms with E-state index in [2.05, 4.69) is 10.6 Å². The monoisotopic (exact) mass is 417 g/mol. The quantitative estimate of drug-likeness (QED) is 0.492. The molecule has 0 spiro atoms. The minimum Gasteiger partial charge on any atom is -0.454 e. The largest absolute Gasteiger partial charge is 0.454 e. The van der Waals surface area contributed by atoms with E-state index in [9.17, 15) is 24.0 Å². The molecular formula is C21H27N3O6. The van der Waals surface area contributed by atoms with Gasteiger partial charge < -0.3 is 10.1 Å². The number of carbonyl (C=O) groups excluding carboxylic acids is 5. The first kappa shape index (κ1) is 23.1. The summed E-state index contributed by atoms with van der Waals surface area (Å²) in [6, 6.07) is 4.34. The molecule has 162 valence electrons. The number of imide groups is 2. The van der Waals surface area contributed by atoms with Gasteiger partial charge in [0, 0.05) is 6.04 Å². The van der Waals surface area contributed by atoms with Crippen molar-refractivity contribution in [1.82, 2.24) is 15.5 Å². The molecule has 0 aliphatic carbocycles. The van der Waals surface area contributed by atoms with Crippen LogP contribution in [0.1, 0.15) is 61.3 Å². The van der Waals surface area contributed by atoms with E-state index in [4.69, 9.17) is 4.74 Å². The van der Waals surface area contributed by atoms with Crippen LogP contribution in [0.2, 0.25) is 0 Å². The SMILES string of the molecule is CC[C@@H](C)NC(=O)NC(=O)COC(=O)[C@H]([C@@H](C)CC)N1C(=O)c2ccccc2C1=O. The molecule has 0 saturated heterocycles. The van der Waals surface area contributed by atoms with Crippen molar-refractivity contribution >= 4 is 29.7 Å². The smallest absolute Gasteiger partial charge is 0.330 e. The highest BCUT2D eigenvalue weighted by atomic mass is 16.5. The predicted octanol–water partition coefficient (Wildman–Crippen LogP) is 1.86. The Bertz CT molecular complexity index is 818. The third-order valence-corrected chi connectivity index (χ3v) is 5.12. The maximum atomic E-state index is 12.8. The summed E-state index contributed by atoms with van der Waals surface area (Å²) >= 11 is 0. The average molecular weight is 417 g/mol. The van der Waals surface area contributed by atoms with Crippen LogP contribution in [-0.2, 0) is 14.3 Å². The summed E-state index contributed by atoms with van der Waals surface area (Å²) in [5, 5.41) is 4.63. The minimum absolute atomic E-state index is 0.121. The number of benzene rings is 1. The van der Waals surface area contributed by atoms with Crippen molar-refractivity contribution in [3.05, 3.63) is 35.4 Å². The Balaban J connectivity index is 2.07. The Morgan fingerprint density at radius 2 is 1.57 bits per heavy atom. The van der Waals surface area contributed by atoms with Crippen molar-refractivity contribution in [2.75, 3.05) is 6.61 Å². The van der Waals surface area contributed by atoms with Crippen molar-refractivity contribution in [2.24, 2.45) is 5.92 Å². The number of hydrogen-bond donors (Lipinski definition) is 2. The molecule has 0 fully saturated rings. The van der Waals surface area contributed by atoms with E-state index in [1.165, 1.54) is 12.1 Å². The molecule has 0 unspecified atom stereocenters. The van der Waals surface area contributed by atoms with Crippen LogP contribution in [0.5, 0.6) is 0 Å². The molecule has 0 aromatic heterocycles. The molecule has 2 N–H and O–H groups in total. The van der Waals surface area contributed by atoms with Crippen molar-refractivity contribution < 1.29 is 28.7 Å². The summed E-state index contributed by atoms with van der Waals surface area (Å²) in [5.74, 6) is -3.23. The number of hydrogen-bond acceptors (Lipinski definition) is 6. The van der Waals surface area contributed by atoms with Crippen LogP contribution < -0.4 is 10.6 Å². The second-order valence-electron chi connectivity index (χ2n) is 7.29. The van der Waals surface area contributed by atoms with E-state index >= 15 is 0 Å². The zero-order valence-electron chi connectivity index (χ0n) is 17.6. The molecule has 0 bridgehead atoms. The standard InChI is InChI=1S/C21H27N3O6/c1-5-12(3)17(24-18(26)14-9-7-8-10-15(14)19(24)27)20(28)30-11-16(25)23-21(29)22-13(4)6-2/h7-10,12-13,17H,5-6,11H2,1-4H3,(H2,22,23,25,29)/t12-,13+,17-/m0/s1. The van der Waals surface area contributed by atoms with Gasteiger partial charge >= 0.3 is 12.0 Å². The van der Waals surface area contributed by atoms with Gasteiger partial charge in [-0.2, -0.15) is 0 Å². The van der Waals surface area contributed by atoms with E-state index in [-0.39, 0.29) is 17.2 Å². The lowest BCUT2D eigenvalue weighted by Crippen LogP contribution is -2.50. The number of urea groups is 1. The van der Waals surface area contributed by atoms with Crippen molar-refractivity contribution in [3.63, 3.8) is 0 Å². The topological polar surface area (TPSA) is 122 Å². The molecule has 30 heavy (non-hydrogen) atoms. The fourth-order valence-corrected chi connectivity index (χ4v) is 3.02. The van der Waals surface area contributed by atoms with E-state index < -0.39 is 48.3 Å². The number of fused-ring (bicyclic) bond motifs is 1. The van der Waals surface area contributed by atoms with Crippen molar-refractivity contribution in [1.29, 1.82) is 0 Å². The lowest BCUT2D eigenvalue weighted by atomic mass is 9.97. The fourth-order valence-electron chi connectivity index (χ4n) is 3.02. The predicted molar refractivity (Wildman–Crippen MR) is 108 cm³/mol. The normalized spacial score (nSPS) is 15.8. The Morgan fingerprint density at radius 1 is 1.00 bits per heavy atom. The van der Waals surface area contributed by atoms with Gasteiger partial charge in [0.2, 0.25) is 0 Å². The van der Waals surface area contributed by atoms with Crippen molar-refractivity contribution in [2.45, 2.75) is 52.6 Å². The Morgan fingerprint density at radius 3 is 2.07 bits per heavy atom. The average Bonchev–Trinajstić information content (AvgIpc) is 2.97. The highest BCUT2D eigenvalue weighted by molar-refractivity contribution is 6.22.